The summed E-state index contributed by atoms with van der Waals surface area (Å²) in [6.07, 6.45) is 10.1. The van der Waals surface area contributed by atoms with E-state index >= 15 is 0 Å². The minimum atomic E-state index is -0.897. The zero-order valence-corrected chi connectivity index (χ0v) is 23.1. The Hall–Kier alpha value is -3.68. The highest BCUT2D eigenvalue weighted by atomic mass is 19.1. The van der Waals surface area contributed by atoms with Gasteiger partial charge >= 0.3 is 5.97 Å². The molecule has 0 bridgehead atoms. The van der Waals surface area contributed by atoms with Gasteiger partial charge in [0.2, 0.25) is 0 Å². The maximum absolute atomic E-state index is 14.0. The molecule has 3 aromatic rings. The lowest BCUT2D eigenvalue weighted by atomic mass is 9.89. The Bertz CT molecular complexity index is 1330. The van der Waals surface area contributed by atoms with E-state index in [9.17, 15) is 19.1 Å². The number of esters is 1. The zero-order chi connectivity index (χ0) is 28.1. The molecule has 2 N–H and O–H groups in total. The maximum atomic E-state index is 14.0. The lowest BCUT2D eigenvalue weighted by Crippen LogP contribution is -2.43. The van der Waals surface area contributed by atoms with E-state index in [1.807, 2.05) is 6.07 Å². The van der Waals surface area contributed by atoms with Crippen molar-refractivity contribution < 1.29 is 23.8 Å². The molecule has 2 atom stereocenters. The summed E-state index contributed by atoms with van der Waals surface area (Å²) in [5.74, 6) is -0.904. The van der Waals surface area contributed by atoms with E-state index in [0.29, 0.717) is 12.1 Å². The molecule has 1 unspecified atom stereocenters. The highest BCUT2D eigenvalue weighted by molar-refractivity contribution is 5.96. The quantitative estimate of drug-likeness (QED) is 0.275. The Morgan fingerprint density at radius 1 is 1.05 bits per heavy atom. The fourth-order valence-electron chi connectivity index (χ4n) is 6.35. The summed E-state index contributed by atoms with van der Waals surface area (Å²) < 4.78 is 21.2. The van der Waals surface area contributed by atoms with Crippen LogP contribution in [0.2, 0.25) is 0 Å². The summed E-state index contributed by atoms with van der Waals surface area (Å²) >= 11 is 0. The van der Waals surface area contributed by atoms with Crippen molar-refractivity contribution in [2.24, 2.45) is 0 Å². The van der Waals surface area contributed by atoms with Crippen molar-refractivity contribution >= 4 is 11.9 Å². The lowest BCUT2D eigenvalue weighted by molar-refractivity contribution is -0.142. The number of carbonyl (C=O) groups excluding carboxylic acids is 2. The summed E-state index contributed by atoms with van der Waals surface area (Å²) in [5.41, 5.74) is 4.17. The first-order valence-electron chi connectivity index (χ1n) is 14.4. The monoisotopic (exact) mass is 547 g/mol. The number of phenols is 1. The average molecular weight is 548 g/mol. The number of methoxy groups -OCH3 is 1. The summed E-state index contributed by atoms with van der Waals surface area (Å²) in [6, 6.07) is 12.7. The lowest BCUT2D eigenvalue weighted by Gasteiger charge is -2.27. The van der Waals surface area contributed by atoms with Gasteiger partial charge in [0.15, 0.2) is 5.69 Å². The van der Waals surface area contributed by atoms with Gasteiger partial charge in [0.1, 0.15) is 17.6 Å². The fourth-order valence-corrected chi connectivity index (χ4v) is 6.35. The van der Waals surface area contributed by atoms with Crippen LogP contribution in [-0.4, -0.2) is 39.9 Å². The predicted octanol–water partition coefficient (Wildman–Crippen LogP) is 5.80. The smallest absolute Gasteiger partial charge is 0.328 e. The van der Waals surface area contributed by atoms with Crippen LogP contribution in [0.1, 0.15) is 96.2 Å². The van der Waals surface area contributed by atoms with Gasteiger partial charge in [-0.1, -0.05) is 49.9 Å². The Labute approximate surface area is 234 Å². The first-order valence-corrected chi connectivity index (χ1v) is 14.4. The summed E-state index contributed by atoms with van der Waals surface area (Å²) in [6.45, 7) is 0. The molecule has 1 heterocycles. The number of ether oxygens (including phenoxy) is 1. The molecular weight excluding hydrogens is 509 g/mol. The van der Waals surface area contributed by atoms with E-state index in [2.05, 4.69) is 10.00 Å². The third kappa shape index (κ3) is 6.37. The third-order valence-electron chi connectivity index (χ3n) is 8.34. The summed E-state index contributed by atoms with van der Waals surface area (Å²) in [5, 5.41) is 17.5. The van der Waals surface area contributed by atoms with Gasteiger partial charge in [-0.2, -0.15) is 5.10 Å². The number of nitrogens with zero attached hydrogens (tertiary/aromatic N) is 2. The number of carbonyl (C=O) groups is 2. The highest BCUT2D eigenvalue weighted by Gasteiger charge is 2.34. The highest BCUT2D eigenvalue weighted by Crippen LogP contribution is 2.39. The molecule has 2 aliphatic carbocycles. The second-order valence-electron chi connectivity index (χ2n) is 11.1. The van der Waals surface area contributed by atoms with Gasteiger partial charge in [-0.3, -0.25) is 9.48 Å². The predicted molar refractivity (Wildman–Crippen MR) is 150 cm³/mol. The van der Waals surface area contributed by atoms with Crippen molar-refractivity contribution in [3.8, 4) is 5.75 Å². The van der Waals surface area contributed by atoms with Gasteiger partial charge in [0.25, 0.3) is 5.91 Å². The number of benzene rings is 2. The first kappa shape index (κ1) is 27.9. The molecule has 1 amide bonds. The summed E-state index contributed by atoms with van der Waals surface area (Å²) in [7, 11) is 1.30. The van der Waals surface area contributed by atoms with E-state index in [1.165, 1.54) is 19.6 Å². The number of hydrogen-bond acceptors (Lipinski definition) is 5. The number of amides is 1. The van der Waals surface area contributed by atoms with Crippen molar-refractivity contribution in [2.75, 3.05) is 7.11 Å². The van der Waals surface area contributed by atoms with Crippen molar-refractivity contribution in [3.05, 3.63) is 82.4 Å². The fraction of sp³-hybridized carbons (Fsp3) is 0.469. The van der Waals surface area contributed by atoms with Gasteiger partial charge < -0.3 is 15.2 Å². The molecule has 5 rings (SSSR count). The van der Waals surface area contributed by atoms with E-state index < -0.39 is 12.0 Å². The third-order valence-corrected chi connectivity index (χ3v) is 8.34. The van der Waals surface area contributed by atoms with Crippen LogP contribution >= 0.6 is 0 Å². The van der Waals surface area contributed by atoms with E-state index in [1.54, 1.807) is 36.4 Å². The Balaban J connectivity index is 1.49. The number of nitrogens with one attached hydrogen (secondary N) is 1. The second-order valence-corrected chi connectivity index (χ2v) is 11.1. The van der Waals surface area contributed by atoms with Crippen molar-refractivity contribution in [3.63, 3.8) is 0 Å². The maximum Gasteiger partial charge on any atom is 0.328 e. The van der Waals surface area contributed by atoms with Crippen LogP contribution in [-0.2, 0) is 28.8 Å². The molecule has 2 aliphatic rings. The SMILES string of the molecule is COC(=O)[C@H](Cc1ccc(O)cc1)NC(=O)c1nn(C2CCCCC2)c2c1CCCCC2Cc1cccc(F)c1. The molecule has 0 spiro atoms. The molecule has 8 heteroatoms. The van der Waals surface area contributed by atoms with Gasteiger partial charge in [-0.15, -0.1) is 0 Å². The number of aromatic nitrogens is 2. The number of rotatable bonds is 8. The second kappa shape index (κ2) is 12.7. The molecule has 1 fully saturated rings. The molecule has 212 valence electrons. The average Bonchev–Trinajstić information content (AvgIpc) is 3.23. The Morgan fingerprint density at radius 2 is 1.80 bits per heavy atom. The standard InChI is InChI=1S/C32H38FN3O4/c1-40-32(39)28(20-21-14-16-26(37)17-15-21)34-31(38)29-27-13-6-5-9-23(18-22-8-7-10-24(33)19-22)30(27)36(35-29)25-11-3-2-4-12-25/h7-8,10,14-17,19,23,25,28,37H,2-6,9,11-13,18,20H2,1H3,(H,34,38)/t23?,28-/m0/s1. The largest absolute Gasteiger partial charge is 0.508 e. The van der Waals surface area contributed by atoms with E-state index in [-0.39, 0.29) is 35.9 Å². The molecule has 7 nitrogen and oxygen atoms in total. The van der Waals surface area contributed by atoms with Gasteiger partial charge in [-0.25, -0.2) is 9.18 Å². The summed E-state index contributed by atoms with van der Waals surface area (Å²) in [4.78, 5) is 26.5. The topological polar surface area (TPSA) is 93.4 Å². The van der Waals surface area contributed by atoms with E-state index in [4.69, 9.17) is 9.84 Å². The van der Waals surface area contributed by atoms with Crippen LogP contribution in [0.3, 0.4) is 0 Å². The minimum absolute atomic E-state index is 0.128. The molecule has 1 aromatic heterocycles. The van der Waals surface area contributed by atoms with Crippen molar-refractivity contribution in [2.45, 2.75) is 88.6 Å². The molecule has 40 heavy (non-hydrogen) atoms. The molecule has 1 saturated carbocycles. The molecule has 0 radical (unpaired) electrons. The molecule has 0 aliphatic heterocycles. The number of hydrogen-bond donors (Lipinski definition) is 2. The molecular formula is C32H38FN3O4. The number of aromatic hydroxyl groups is 1. The number of phenolic OH excluding ortho intramolecular Hbond substituents is 1. The molecule has 0 saturated heterocycles. The first-order chi connectivity index (χ1) is 19.4. The Kier molecular flexibility index (Phi) is 8.82. The van der Waals surface area contributed by atoms with Crippen LogP contribution in [0.4, 0.5) is 4.39 Å². The van der Waals surface area contributed by atoms with Crippen LogP contribution in [0.25, 0.3) is 0 Å². The van der Waals surface area contributed by atoms with Crippen molar-refractivity contribution in [1.29, 1.82) is 0 Å². The van der Waals surface area contributed by atoms with Crippen LogP contribution in [0, 0.1) is 5.82 Å². The number of fused-ring (bicyclic) bond motifs is 1. The normalized spacial score (nSPS) is 18.4. The Morgan fingerprint density at radius 3 is 2.52 bits per heavy atom. The van der Waals surface area contributed by atoms with Gasteiger partial charge in [0, 0.05) is 23.6 Å². The van der Waals surface area contributed by atoms with Gasteiger partial charge in [0.05, 0.1) is 13.2 Å². The molecule has 2 aromatic carbocycles. The van der Waals surface area contributed by atoms with Gasteiger partial charge in [-0.05, 0) is 73.9 Å². The van der Waals surface area contributed by atoms with Crippen molar-refractivity contribution in [1.82, 2.24) is 15.1 Å². The van der Waals surface area contributed by atoms with E-state index in [0.717, 1.165) is 73.8 Å². The number of halogens is 1. The minimum Gasteiger partial charge on any atom is -0.508 e. The van der Waals surface area contributed by atoms with Crippen LogP contribution in [0.5, 0.6) is 5.75 Å². The zero-order valence-electron chi connectivity index (χ0n) is 23.1. The van der Waals surface area contributed by atoms with Crippen LogP contribution in [0.15, 0.2) is 48.5 Å². The van der Waals surface area contributed by atoms with Crippen LogP contribution < -0.4 is 5.32 Å².